The molecule has 16 heavy (non-hydrogen) atoms. The van der Waals surface area contributed by atoms with Gasteiger partial charge in [0.1, 0.15) is 6.54 Å². The number of nitrogens with two attached hydrogens (primary N) is 1. The van der Waals surface area contributed by atoms with Crippen LogP contribution in [0.4, 0.5) is 5.95 Å². The first-order valence-electron chi connectivity index (χ1n) is 4.92. The molecule has 0 aliphatic rings. The van der Waals surface area contributed by atoms with Gasteiger partial charge in [0, 0.05) is 5.56 Å². The molecule has 0 saturated carbocycles. The molecule has 1 aromatic carbocycles. The average Bonchev–Trinajstić information content (AvgIpc) is 2.61. The van der Waals surface area contributed by atoms with E-state index in [1.165, 1.54) is 11.6 Å². The molecule has 0 aliphatic carbocycles. The Balaban J connectivity index is 2.34. The lowest BCUT2D eigenvalue weighted by Gasteiger charge is -1.96. The van der Waals surface area contributed by atoms with Crippen LogP contribution in [0.5, 0.6) is 0 Å². The minimum atomic E-state index is -0.00351. The van der Waals surface area contributed by atoms with E-state index in [0.29, 0.717) is 5.82 Å². The Kier molecular flexibility index (Phi) is 2.68. The number of carbonyl (C=O) groups is 1. The van der Waals surface area contributed by atoms with Crippen LogP contribution in [0, 0.1) is 0 Å². The number of nitrogen functional groups attached to an aromatic ring is 1. The number of benzene rings is 1. The lowest BCUT2D eigenvalue weighted by molar-refractivity contribution is -0.117. The van der Waals surface area contributed by atoms with E-state index >= 15 is 0 Å². The molecule has 0 amide bonds. The molecule has 82 valence electrons. The third-order valence-electron chi connectivity index (χ3n) is 2.10. The van der Waals surface area contributed by atoms with Crippen LogP contribution in [0.3, 0.4) is 0 Å². The van der Waals surface area contributed by atoms with Crippen LogP contribution >= 0.6 is 0 Å². The first-order valence-corrected chi connectivity index (χ1v) is 4.92. The van der Waals surface area contributed by atoms with Gasteiger partial charge in [-0.15, -0.1) is 5.10 Å². The van der Waals surface area contributed by atoms with Gasteiger partial charge in [-0.1, -0.05) is 30.3 Å². The summed E-state index contributed by atoms with van der Waals surface area (Å²) in [6.45, 7) is 1.65. The van der Waals surface area contributed by atoms with Crippen molar-refractivity contribution < 1.29 is 4.79 Å². The van der Waals surface area contributed by atoms with Crippen LogP contribution in [0.2, 0.25) is 0 Å². The third-order valence-corrected chi connectivity index (χ3v) is 2.10. The van der Waals surface area contributed by atoms with Crippen molar-refractivity contribution in [3.8, 4) is 11.4 Å². The van der Waals surface area contributed by atoms with Gasteiger partial charge in [0.2, 0.25) is 5.95 Å². The molecule has 0 spiro atoms. The van der Waals surface area contributed by atoms with Crippen LogP contribution in [0.25, 0.3) is 11.4 Å². The smallest absolute Gasteiger partial charge is 0.219 e. The summed E-state index contributed by atoms with van der Waals surface area (Å²) in [4.78, 5) is 15.1. The van der Waals surface area contributed by atoms with Crippen molar-refractivity contribution in [1.82, 2.24) is 14.8 Å². The predicted octanol–water partition coefficient (Wildman–Crippen LogP) is 1.12. The van der Waals surface area contributed by atoms with Gasteiger partial charge >= 0.3 is 0 Å². The second-order valence-electron chi connectivity index (χ2n) is 3.52. The Labute approximate surface area is 92.9 Å². The molecule has 1 heterocycles. The van der Waals surface area contributed by atoms with Crippen molar-refractivity contribution in [3.05, 3.63) is 30.3 Å². The van der Waals surface area contributed by atoms with Crippen molar-refractivity contribution in [2.24, 2.45) is 0 Å². The fourth-order valence-corrected chi connectivity index (χ4v) is 1.39. The minimum Gasteiger partial charge on any atom is -0.368 e. The standard InChI is InChI=1S/C11H12N4O/c1-8(16)7-15-11(12)13-10(14-15)9-5-3-2-4-6-9/h2-6H,7H2,1H3,(H2,12,13,14). The Bertz CT molecular complexity index is 504. The van der Waals surface area contributed by atoms with Crippen molar-refractivity contribution in [2.75, 3.05) is 5.73 Å². The van der Waals surface area contributed by atoms with Crippen molar-refractivity contribution in [1.29, 1.82) is 0 Å². The van der Waals surface area contributed by atoms with Gasteiger partial charge in [-0.2, -0.15) is 4.98 Å². The molecule has 1 aromatic heterocycles. The van der Waals surface area contributed by atoms with Gasteiger partial charge < -0.3 is 5.73 Å². The minimum absolute atomic E-state index is 0.00351. The maximum absolute atomic E-state index is 11.0. The van der Waals surface area contributed by atoms with E-state index in [0.717, 1.165) is 5.56 Å². The van der Waals surface area contributed by atoms with E-state index in [1.807, 2.05) is 30.3 Å². The first-order chi connectivity index (χ1) is 7.66. The lowest BCUT2D eigenvalue weighted by Crippen LogP contribution is -2.10. The molecule has 0 unspecified atom stereocenters. The highest BCUT2D eigenvalue weighted by atomic mass is 16.1. The maximum atomic E-state index is 11.0. The molecule has 2 aromatic rings. The highest BCUT2D eigenvalue weighted by Crippen LogP contribution is 2.15. The summed E-state index contributed by atoms with van der Waals surface area (Å²) in [7, 11) is 0. The fraction of sp³-hybridized carbons (Fsp3) is 0.182. The summed E-state index contributed by atoms with van der Waals surface area (Å²) < 4.78 is 1.41. The molecule has 0 bridgehead atoms. The van der Waals surface area contributed by atoms with Crippen molar-refractivity contribution in [3.63, 3.8) is 0 Å². The van der Waals surface area contributed by atoms with Crippen LogP contribution in [0.15, 0.2) is 30.3 Å². The Morgan fingerprint density at radius 3 is 2.69 bits per heavy atom. The Morgan fingerprint density at radius 1 is 1.38 bits per heavy atom. The average molecular weight is 216 g/mol. The zero-order valence-electron chi connectivity index (χ0n) is 8.92. The van der Waals surface area contributed by atoms with E-state index < -0.39 is 0 Å². The van der Waals surface area contributed by atoms with Crippen molar-refractivity contribution >= 4 is 11.7 Å². The summed E-state index contributed by atoms with van der Waals surface area (Å²) in [6.07, 6.45) is 0. The predicted molar refractivity (Wildman–Crippen MR) is 60.6 cm³/mol. The number of aromatic nitrogens is 3. The largest absolute Gasteiger partial charge is 0.368 e. The molecule has 2 N–H and O–H groups in total. The number of anilines is 1. The van der Waals surface area contributed by atoms with Crippen LogP contribution in [-0.4, -0.2) is 20.5 Å². The molecule has 0 atom stereocenters. The fourth-order valence-electron chi connectivity index (χ4n) is 1.39. The molecule has 5 heteroatoms. The van der Waals surface area contributed by atoms with Gasteiger partial charge in [-0.05, 0) is 6.92 Å². The van der Waals surface area contributed by atoms with Crippen LogP contribution in [0.1, 0.15) is 6.92 Å². The van der Waals surface area contributed by atoms with Gasteiger partial charge in [-0.25, -0.2) is 4.68 Å². The zero-order valence-corrected chi connectivity index (χ0v) is 8.92. The van der Waals surface area contributed by atoms with E-state index in [-0.39, 0.29) is 18.3 Å². The lowest BCUT2D eigenvalue weighted by atomic mass is 10.2. The summed E-state index contributed by atoms with van der Waals surface area (Å²) in [5.74, 6) is 0.796. The zero-order chi connectivity index (χ0) is 11.5. The topological polar surface area (TPSA) is 73.8 Å². The number of carbonyl (C=O) groups excluding carboxylic acids is 1. The van der Waals surface area contributed by atoms with Gasteiger partial charge in [0.15, 0.2) is 11.6 Å². The summed E-state index contributed by atoms with van der Waals surface area (Å²) >= 11 is 0. The van der Waals surface area contributed by atoms with E-state index in [1.54, 1.807) is 0 Å². The monoisotopic (exact) mass is 216 g/mol. The van der Waals surface area contributed by atoms with Crippen LogP contribution < -0.4 is 5.73 Å². The molecular weight excluding hydrogens is 204 g/mol. The number of hydrogen-bond donors (Lipinski definition) is 1. The SMILES string of the molecule is CC(=O)Cn1nc(-c2ccccc2)nc1N. The van der Waals surface area contributed by atoms with E-state index in [4.69, 9.17) is 5.73 Å². The summed E-state index contributed by atoms with van der Waals surface area (Å²) in [5, 5.41) is 4.18. The van der Waals surface area contributed by atoms with E-state index in [9.17, 15) is 4.79 Å². The van der Waals surface area contributed by atoms with Gasteiger partial charge in [0.05, 0.1) is 0 Å². The van der Waals surface area contributed by atoms with Gasteiger partial charge in [0.25, 0.3) is 0 Å². The second-order valence-corrected chi connectivity index (χ2v) is 3.52. The second kappa shape index (κ2) is 4.14. The number of ketones is 1. The van der Waals surface area contributed by atoms with Crippen molar-refractivity contribution in [2.45, 2.75) is 13.5 Å². The summed E-state index contributed by atoms with van der Waals surface area (Å²) in [5.41, 5.74) is 6.55. The first kappa shape index (κ1) is 10.4. The molecule has 2 rings (SSSR count). The Morgan fingerprint density at radius 2 is 2.06 bits per heavy atom. The summed E-state index contributed by atoms with van der Waals surface area (Å²) in [6, 6.07) is 9.51. The maximum Gasteiger partial charge on any atom is 0.219 e. The highest BCUT2D eigenvalue weighted by molar-refractivity contribution is 5.75. The number of hydrogen-bond acceptors (Lipinski definition) is 4. The number of rotatable bonds is 3. The third kappa shape index (κ3) is 2.08. The van der Waals surface area contributed by atoms with E-state index in [2.05, 4.69) is 10.1 Å². The number of nitrogens with zero attached hydrogens (tertiary/aromatic N) is 3. The van der Waals surface area contributed by atoms with Gasteiger partial charge in [-0.3, -0.25) is 4.79 Å². The normalized spacial score (nSPS) is 10.3. The molecule has 0 radical (unpaired) electrons. The highest BCUT2D eigenvalue weighted by Gasteiger charge is 2.09. The molecule has 0 aliphatic heterocycles. The Hall–Kier alpha value is -2.17. The molecular formula is C11H12N4O. The molecule has 0 fully saturated rings. The molecule has 0 saturated heterocycles. The quantitative estimate of drug-likeness (QED) is 0.834. The van der Waals surface area contributed by atoms with Crippen LogP contribution in [-0.2, 0) is 11.3 Å². The molecule has 5 nitrogen and oxygen atoms in total. The number of Topliss-reactive ketones (excluding diaryl/α,β-unsaturated/α-hetero) is 1.